The molecular formula is C9H13BrN2O2S. The van der Waals surface area contributed by atoms with E-state index >= 15 is 0 Å². The van der Waals surface area contributed by atoms with Crippen molar-refractivity contribution in [1.29, 1.82) is 0 Å². The number of nitrogens with two attached hydrogens (primary N) is 1. The molecule has 1 rings (SSSR count). The monoisotopic (exact) mass is 292 g/mol. The zero-order valence-corrected chi connectivity index (χ0v) is 10.7. The fraction of sp³-hybridized carbons (Fsp3) is 0.333. The van der Waals surface area contributed by atoms with E-state index in [1.54, 1.807) is 19.1 Å². The Labute approximate surface area is 98.0 Å². The van der Waals surface area contributed by atoms with Crippen LogP contribution >= 0.6 is 15.9 Å². The van der Waals surface area contributed by atoms with Crippen molar-refractivity contribution in [2.24, 2.45) is 5.73 Å². The van der Waals surface area contributed by atoms with Gasteiger partial charge in [-0.05, 0) is 31.2 Å². The lowest BCUT2D eigenvalue weighted by Crippen LogP contribution is -2.37. The Morgan fingerprint density at radius 3 is 2.40 bits per heavy atom. The molecule has 0 saturated heterocycles. The first-order valence-corrected chi connectivity index (χ1v) is 6.71. The van der Waals surface area contributed by atoms with Crippen LogP contribution in [0.3, 0.4) is 0 Å². The average molecular weight is 293 g/mol. The van der Waals surface area contributed by atoms with Crippen molar-refractivity contribution in [3.63, 3.8) is 0 Å². The Bertz CT molecular complexity index is 416. The first-order chi connectivity index (χ1) is 6.95. The molecule has 84 valence electrons. The van der Waals surface area contributed by atoms with Gasteiger partial charge in [-0.1, -0.05) is 15.9 Å². The molecule has 0 saturated carbocycles. The van der Waals surface area contributed by atoms with Crippen molar-refractivity contribution in [3.8, 4) is 0 Å². The molecule has 4 nitrogen and oxygen atoms in total. The van der Waals surface area contributed by atoms with E-state index in [4.69, 9.17) is 5.73 Å². The Balaban J connectivity index is 2.91. The topological polar surface area (TPSA) is 72.2 Å². The van der Waals surface area contributed by atoms with Gasteiger partial charge in [0, 0.05) is 17.1 Å². The highest BCUT2D eigenvalue weighted by Crippen LogP contribution is 2.14. The molecule has 3 N–H and O–H groups in total. The molecule has 15 heavy (non-hydrogen) atoms. The molecule has 1 atom stereocenters. The van der Waals surface area contributed by atoms with Gasteiger partial charge < -0.3 is 5.73 Å². The summed E-state index contributed by atoms with van der Waals surface area (Å²) >= 11 is 3.24. The van der Waals surface area contributed by atoms with Crippen molar-refractivity contribution in [2.45, 2.75) is 17.9 Å². The minimum atomic E-state index is -3.44. The summed E-state index contributed by atoms with van der Waals surface area (Å²) in [6, 6.07) is 6.17. The largest absolute Gasteiger partial charge is 0.329 e. The summed E-state index contributed by atoms with van der Waals surface area (Å²) in [6.45, 7) is 1.99. The summed E-state index contributed by atoms with van der Waals surface area (Å²) in [5, 5.41) is 0. The second kappa shape index (κ2) is 5.07. The van der Waals surface area contributed by atoms with E-state index in [0.29, 0.717) is 0 Å². The zero-order chi connectivity index (χ0) is 11.5. The van der Waals surface area contributed by atoms with Crippen LogP contribution in [-0.2, 0) is 10.0 Å². The van der Waals surface area contributed by atoms with Crippen molar-refractivity contribution >= 4 is 26.0 Å². The van der Waals surface area contributed by atoms with Crippen molar-refractivity contribution < 1.29 is 8.42 Å². The number of rotatable bonds is 4. The molecule has 0 amide bonds. The van der Waals surface area contributed by atoms with E-state index in [0.717, 1.165) is 4.47 Å². The van der Waals surface area contributed by atoms with Crippen LogP contribution in [0.4, 0.5) is 0 Å². The molecular weight excluding hydrogens is 280 g/mol. The summed E-state index contributed by atoms with van der Waals surface area (Å²) in [7, 11) is -3.44. The smallest absolute Gasteiger partial charge is 0.240 e. The minimum absolute atomic E-state index is 0.242. The number of nitrogens with one attached hydrogen (secondary N) is 1. The Kier molecular flexibility index (Phi) is 4.27. The number of hydrogen-bond donors (Lipinski definition) is 2. The van der Waals surface area contributed by atoms with Gasteiger partial charge in [-0.25, -0.2) is 13.1 Å². The number of benzene rings is 1. The van der Waals surface area contributed by atoms with Crippen LogP contribution in [0, 0.1) is 0 Å². The number of hydrogen-bond acceptors (Lipinski definition) is 3. The van der Waals surface area contributed by atoms with E-state index in [-0.39, 0.29) is 17.5 Å². The number of sulfonamides is 1. The first kappa shape index (κ1) is 12.6. The van der Waals surface area contributed by atoms with E-state index in [2.05, 4.69) is 20.7 Å². The molecule has 0 fully saturated rings. The number of halogens is 1. The summed E-state index contributed by atoms with van der Waals surface area (Å²) in [5.74, 6) is 0. The molecule has 0 unspecified atom stereocenters. The quantitative estimate of drug-likeness (QED) is 0.872. The normalized spacial score (nSPS) is 13.8. The van der Waals surface area contributed by atoms with Crippen LogP contribution in [0.1, 0.15) is 6.92 Å². The molecule has 0 aliphatic carbocycles. The van der Waals surface area contributed by atoms with Crippen LogP contribution in [0.25, 0.3) is 0 Å². The third-order valence-corrected chi connectivity index (χ3v) is 3.97. The van der Waals surface area contributed by atoms with Crippen LogP contribution in [0.15, 0.2) is 33.6 Å². The van der Waals surface area contributed by atoms with Gasteiger partial charge in [0.1, 0.15) is 0 Å². The highest BCUT2D eigenvalue weighted by molar-refractivity contribution is 9.10. The summed E-state index contributed by atoms with van der Waals surface area (Å²) in [6.07, 6.45) is 0. The zero-order valence-electron chi connectivity index (χ0n) is 8.27. The predicted molar refractivity (Wildman–Crippen MR) is 63.0 cm³/mol. The molecule has 1 aromatic carbocycles. The standard InChI is InChI=1S/C9H13BrN2O2S/c1-7(6-11)12-15(13,14)9-4-2-8(10)3-5-9/h2-5,7,12H,6,11H2,1H3/t7-/m1/s1. The second-order valence-electron chi connectivity index (χ2n) is 3.21. The molecule has 0 aliphatic heterocycles. The molecule has 0 aliphatic rings. The summed E-state index contributed by atoms with van der Waals surface area (Å²) in [5.41, 5.74) is 5.35. The lowest BCUT2D eigenvalue weighted by Gasteiger charge is -2.11. The van der Waals surface area contributed by atoms with Gasteiger partial charge in [0.25, 0.3) is 0 Å². The van der Waals surface area contributed by atoms with Crippen molar-refractivity contribution in [2.75, 3.05) is 6.54 Å². The fourth-order valence-corrected chi connectivity index (χ4v) is 2.52. The van der Waals surface area contributed by atoms with Crippen molar-refractivity contribution in [1.82, 2.24) is 4.72 Å². The molecule has 0 bridgehead atoms. The molecule has 1 aromatic rings. The Morgan fingerprint density at radius 1 is 1.40 bits per heavy atom. The highest BCUT2D eigenvalue weighted by atomic mass is 79.9. The summed E-state index contributed by atoms with van der Waals surface area (Å²) < 4.78 is 26.8. The van der Waals surface area contributed by atoms with E-state index in [1.807, 2.05) is 0 Å². The maximum atomic E-state index is 11.7. The van der Waals surface area contributed by atoms with Crippen LogP contribution in [0.2, 0.25) is 0 Å². The maximum Gasteiger partial charge on any atom is 0.240 e. The maximum absolute atomic E-state index is 11.7. The van der Waals surface area contributed by atoms with Gasteiger partial charge >= 0.3 is 0 Å². The van der Waals surface area contributed by atoms with E-state index in [9.17, 15) is 8.42 Å². The van der Waals surface area contributed by atoms with Gasteiger partial charge in [0.2, 0.25) is 10.0 Å². The van der Waals surface area contributed by atoms with Gasteiger partial charge in [-0.15, -0.1) is 0 Å². The highest BCUT2D eigenvalue weighted by Gasteiger charge is 2.15. The van der Waals surface area contributed by atoms with Gasteiger partial charge in [-0.3, -0.25) is 0 Å². The lowest BCUT2D eigenvalue weighted by atomic mass is 10.4. The SMILES string of the molecule is C[C@H](CN)NS(=O)(=O)c1ccc(Br)cc1. The lowest BCUT2D eigenvalue weighted by molar-refractivity contribution is 0.562. The fourth-order valence-electron chi connectivity index (χ4n) is 0.995. The molecule has 6 heteroatoms. The van der Waals surface area contributed by atoms with E-state index < -0.39 is 10.0 Å². The summed E-state index contributed by atoms with van der Waals surface area (Å²) in [4.78, 5) is 0.242. The second-order valence-corrected chi connectivity index (χ2v) is 5.84. The molecule has 0 spiro atoms. The van der Waals surface area contributed by atoms with Gasteiger partial charge in [0.15, 0.2) is 0 Å². The van der Waals surface area contributed by atoms with Gasteiger partial charge in [0.05, 0.1) is 4.90 Å². The minimum Gasteiger partial charge on any atom is -0.329 e. The van der Waals surface area contributed by atoms with Crippen LogP contribution in [-0.4, -0.2) is 21.0 Å². The first-order valence-electron chi connectivity index (χ1n) is 4.43. The third-order valence-electron chi connectivity index (χ3n) is 1.83. The molecule has 0 radical (unpaired) electrons. The third kappa shape index (κ3) is 3.57. The Morgan fingerprint density at radius 2 is 1.93 bits per heavy atom. The Hall–Kier alpha value is -0.430. The van der Waals surface area contributed by atoms with Crippen molar-refractivity contribution in [3.05, 3.63) is 28.7 Å². The van der Waals surface area contributed by atoms with Crippen LogP contribution in [0.5, 0.6) is 0 Å². The van der Waals surface area contributed by atoms with Gasteiger partial charge in [-0.2, -0.15) is 0 Å². The predicted octanol–water partition coefficient (Wildman–Crippen LogP) is 1.07. The van der Waals surface area contributed by atoms with E-state index in [1.165, 1.54) is 12.1 Å². The average Bonchev–Trinajstić information content (AvgIpc) is 2.17. The molecule has 0 heterocycles. The van der Waals surface area contributed by atoms with Crippen LogP contribution < -0.4 is 10.5 Å². The molecule has 0 aromatic heterocycles.